The van der Waals surface area contributed by atoms with E-state index in [0.29, 0.717) is 6.54 Å². The molecule has 1 N–H and O–H groups in total. The van der Waals surface area contributed by atoms with Crippen molar-refractivity contribution in [2.45, 2.75) is 47.0 Å². The minimum Gasteiger partial charge on any atom is -0.358 e. The summed E-state index contributed by atoms with van der Waals surface area (Å²) in [7, 11) is 1.99. The smallest absolute Gasteiger partial charge is 0.169 e. The average Bonchev–Trinajstić information content (AvgIpc) is 3.10. The highest BCUT2D eigenvalue weighted by Crippen LogP contribution is 2.07. The average molecular weight is 320 g/mol. The summed E-state index contributed by atoms with van der Waals surface area (Å²) in [5.74, 6) is 0. The third kappa shape index (κ3) is 3.85. The molecule has 2 heterocycles. The molecule has 0 saturated heterocycles. The molecule has 0 radical (unpaired) electrons. The number of nitrogens with one attached hydrogen (secondary N) is 1. The lowest BCUT2D eigenvalue weighted by atomic mass is 10.3. The summed E-state index contributed by atoms with van der Waals surface area (Å²) in [5.41, 5.74) is 3.38. The lowest BCUT2D eigenvalue weighted by molar-refractivity contribution is 0.457. The maximum atomic E-state index is 5.46. The molecule has 0 saturated carbocycles. The van der Waals surface area contributed by atoms with Crippen LogP contribution in [0.2, 0.25) is 0 Å². The number of aromatic nitrogens is 4. The van der Waals surface area contributed by atoms with E-state index >= 15 is 0 Å². The molecule has 0 fully saturated rings. The second kappa shape index (κ2) is 7.40. The number of hydrogen-bond acceptors (Lipinski definition) is 3. The molecule has 120 valence electrons. The summed E-state index contributed by atoms with van der Waals surface area (Å²) < 4.78 is 3.92. The maximum Gasteiger partial charge on any atom is 0.169 e. The Morgan fingerprint density at radius 1 is 1.36 bits per heavy atom. The molecule has 0 aliphatic heterocycles. The summed E-state index contributed by atoms with van der Waals surface area (Å²) >= 11 is 5.46. The molecule has 2 aromatic rings. The highest BCUT2D eigenvalue weighted by Gasteiger charge is 2.10. The van der Waals surface area contributed by atoms with Gasteiger partial charge in [-0.1, -0.05) is 0 Å². The van der Waals surface area contributed by atoms with E-state index < -0.39 is 0 Å². The fourth-order valence-electron chi connectivity index (χ4n) is 2.29. The van der Waals surface area contributed by atoms with Crippen LogP contribution >= 0.6 is 12.2 Å². The van der Waals surface area contributed by atoms with E-state index in [1.165, 1.54) is 5.56 Å². The van der Waals surface area contributed by atoms with Gasteiger partial charge in [0.1, 0.15) is 0 Å². The van der Waals surface area contributed by atoms with Crippen LogP contribution in [0.15, 0.2) is 18.5 Å². The summed E-state index contributed by atoms with van der Waals surface area (Å²) in [6, 6.07) is 2.03. The van der Waals surface area contributed by atoms with E-state index in [4.69, 9.17) is 12.2 Å². The van der Waals surface area contributed by atoms with E-state index in [9.17, 15) is 0 Å². The van der Waals surface area contributed by atoms with Crippen LogP contribution in [0.5, 0.6) is 0 Å². The molecule has 0 aromatic carbocycles. The first kappa shape index (κ1) is 16.5. The molecule has 0 unspecified atom stereocenters. The van der Waals surface area contributed by atoms with Gasteiger partial charge in [-0.25, -0.2) is 0 Å². The molecule has 6 nitrogen and oxygen atoms in total. The van der Waals surface area contributed by atoms with Crippen molar-refractivity contribution in [3.8, 4) is 0 Å². The van der Waals surface area contributed by atoms with Crippen LogP contribution in [0.3, 0.4) is 0 Å². The molecular weight excluding hydrogens is 296 g/mol. The van der Waals surface area contributed by atoms with Gasteiger partial charge >= 0.3 is 0 Å². The van der Waals surface area contributed by atoms with Gasteiger partial charge < -0.3 is 10.2 Å². The third-order valence-corrected chi connectivity index (χ3v) is 4.11. The Labute approximate surface area is 137 Å². The Hall–Kier alpha value is -1.89. The standard InChI is InChI=1S/C15H24N6S/c1-5-20-10-13(12(3)18-20)9-16-15(22)19(4)11-14-7-8-17-21(14)6-2/h7-8,10H,5-6,9,11H2,1-4H3,(H,16,22). The number of nitrogens with zero attached hydrogens (tertiary/aromatic N) is 5. The molecule has 7 heteroatoms. The van der Waals surface area contributed by atoms with Crippen LogP contribution in [-0.2, 0) is 26.2 Å². The molecule has 22 heavy (non-hydrogen) atoms. The van der Waals surface area contributed by atoms with Crippen LogP contribution in [0.1, 0.15) is 30.8 Å². The van der Waals surface area contributed by atoms with Crippen molar-refractivity contribution < 1.29 is 0 Å². The summed E-state index contributed by atoms with van der Waals surface area (Å²) in [4.78, 5) is 2.03. The molecule has 0 atom stereocenters. The summed E-state index contributed by atoms with van der Waals surface area (Å²) in [6.45, 7) is 9.38. The van der Waals surface area contributed by atoms with Crippen molar-refractivity contribution in [3.05, 3.63) is 35.4 Å². The van der Waals surface area contributed by atoms with Crippen LogP contribution in [0.25, 0.3) is 0 Å². The normalized spacial score (nSPS) is 10.7. The molecule has 0 bridgehead atoms. The Bertz CT molecular complexity index is 630. The van der Waals surface area contributed by atoms with E-state index in [1.807, 2.05) is 40.5 Å². The first-order chi connectivity index (χ1) is 10.5. The van der Waals surface area contributed by atoms with Crippen molar-refractivity contribution in [3.63, 3.8) is 0 Å². The van der Waals surface area contributed by atoms with Gasteiger partial charge in [-0.05, 0) is 39.1 Å². The van der Waals surface area contributed by atoms with Crippen molar-refractivity contribution in [2.75, 3.05) is 7.05 Å². The first-order valence-corrected chi connectivity index (χ1v) is 7.98. The molecule has 2 rings (SSSR count). The minimum absolute atomic E-state index is 0.696. The Morgan fingerprint density at radius 3 is 2.77 bits per heavy atom. The van der Waals surface area contributed by atoms with E-state index in [-0.39, 0.29) is 0 Å². The predicted octanol–water partition coefficient (Wildman–Crippen LogP) is 1.93. The fourth-order valence-corrected chi connectivity index (χ4v) is 2.43. The van der Waals surface area contributed by atoms with Crippen LogP contribution < -0.4 is 5.32 Å². The van der Waals surface area contributed by atoms with Gasteiger partial charge in [0.15, 0.2) is 5.11 Å². The number of rotatable bonds is 6. The number of hydrogen-bond donors (Lipinski definition) is 1. The van der Waals surface area contributed by atoms with Gasteiger partial charge in [-0.3, -0.25) is 9.36 Å². The Kier molecular flexibility index (Phi) is 5.54. The summed E-state index contributed by atoms with van der Waals surface area (Å²) in [5, 5.41) is 12.8. The Morgan fingerprint density at radius 2 is 2.14 bits per heavy atom. The fraction of sp³-hybridized carbons (Fsp3) is 0.533. The zero-order chi connectivity index (χ0) is 16.1. The van der Waals surface area contributed by atoms with E-state index in [2.05, 4.69) is 35.6 Å². The predicted molar refractivity (Wildman–Crippen MR) is 91.4 cm³/mol. The van der Waals surface area contributed by atoms with E-state index in [1.54, 1.807) is 0 Å². The monoisotopic (exact) mass is 320 g/mol. The zero-order valence-electron chi connectivity index (χ0n) is 13.7. The number of thiocarbonyl (C=S) groups is 1. The van der Waals surface area contributed by atoms with Gasteiger partial charge in [-0.2, -0.15) is 10.2 Å². The third-order valence-electron chi connectivity index (χ3n) is 3.65. The van der Waals surface area contributed by atoms with Gasteiger partial charge in [0, 0.05) is 44.6 Å². The molecule has 0 aliphatic rings. The van der Waals surface area contributed by atoms with Gasteiger partial charge in [0.2, 0.25) is 0 Å². The second-order valence-corrected chi connectivity index (χ2v) is 5.64. The van der Waals surface area contributed by atoms with Gasteiger partial charge in [0.25, 0.3) is 0 Å². The topological polar surface area (TPSA) is 50.9 Å². The number of aryl methyl sites for hydroxylation is 3. The molecule has 0 spiro atoms. The van der Waals surface area contributed by atoms with Crippen molar-refractivity contribution in [1.82, 2.24) is 29.8 Å². The molecular formula is C15H24N6S. The van der Waals surface area contributed by atoms with Gasteiger partial charge in [-0.15, -0.1) is 0 Å². The van der Waals surface area contributed by atoms with Crippen LogP contribution in [0.4, 0.5) is 0 Å². The Balaban J connectivity index is 1.90. The lowest BCUT2D eigenvalue weighted by Gasteiger charge is -2.21. The second-order valence-electron chi connectivity index (χ2n) is 5.25. The van der Waals surface area contributed by atoms with Crippen molar-refractivity contribution in [1.29, 1.82) is 0 Å². The highest BCUT2D eigenvalue weighted by molar-refractivity contribution is 7.80. The van der Waals surface area contributed by atoms with E-state index in [0.717, 1.165) is 36.1 Å². The minimum atomic E-state index is 0.696. The largest absolute Gasteiger partial charge is 0.358 e. The molecule has 0 amide bonds. The lowest BCUT2D eigenvalue weighted by Crippen LogP contribution is -2.36. The zero-order valence-corrected chi connectivity index (χ0v) is 14.5. The first-order valence-electron chi connectivity index (χ1n) is 7.57. The maximum absolute atomic E-state index is 5.46. The van der Waals surface area contributed by atoms with Crippen molar-refractivity contribution in [2.24, 2.45) is 0 Å². The highest BCUT2D eigenvalue weighted by atomic mass is 32.1. The van der Waals surface area contributed by atoms with Gasteiger partial charge in [0.05, 0.1) is 17.9 Å². The quantitative estimate of drug-likeness (QED) is 0.824. The van der Waals surface area contributed by atoms with Crippen LogP contribution in [-0.4, -0.2) is 36.6 Å². The van der Waals surface area contributed by atoms with Crippen LogP contribution in [0, 0.1) is 6.92 Å². The van der Waals surface area contributed by atoms with Crippen molar-refractivity contribution >= 4 is 17.3 Å². The molecule has 0 aliphatic carbocycles. The SMILES string of the molecule is CCn1cc(CNC(=S)N(C)Cc2ccnn2CC)c(C)n1. The summed E-state index contributed by atoms with van der Waals surface area (Å²) in [6.07, 6.45) is 3.89. The molecule has 2 aromatic heterocycles.